The predicted octanol–water partition coefficient (Wildman–Crippen LogP) is 4.11. The highest BCUT2D eigenvalue weighted by Crippen LogP contribution is 2.36. The minimum Gasteiger partial charge on any atom is -0.459 e. The molecule has 2 heterocycles. The number of furan rings is 1. The molecule has 3 aromatic rings. The van der Waals surface area contributed by atoms with E-state index >= 15 is 0 Å². The van der Waals surface area contributed by atoms with Crippen LogP contribution in [0.2, 0.25) is 0 Å². The van der Waals surface area contributed by atoms with E-state index < -0.39 is 5.25 Å². The first-order chi connectivity index (χ1) is 12.6. The Labute approximate surface area is 155 Å². The van der Waals surface area contributed by atoms with Gasteiger partial charge in [-0.2, -0.15) is 0 Å². The topological polar surface area (TPSA) is 71.3 Å². The van der Waals surface area contributed by atoms with Crippen molar-refractivity contribution in [1.82, 2.24) is 5.32 Å². The number of amides is 2. The fourth-order valence-corrected chi connectivity index (χ4v) is 4.09. The lowest BCUT2D eigenvalue weighted by Crippen LogP contribution is -2.35. The Morgan fingerprint density at radius 1 is 1.23 bits per heavy atom. The summed E-state index contributed by atoms with van der Waals surface area (Å²) in [6.07, 6.45) is 0.120. The molecule has 1 aliphatic rings. The van der Waals surface area contributed by atoms with Crippen LogP contribution < -0.4 is 10.6 Å². The molecule has 132 valence electrons. The van der Waals surface area contributed by atoms with Gasteiger partial charge in [0.25, 0.3) is 0 Å². The van der Waals surface area contributed by atoms with Crippen LogP contribution in [0.3, 0.4) is 0 Å². The molecule has 0 unspecified atom stereocenters. The van der Waals surface area contributed by atoms with Crippen molar-refractivity contribution in [3.8, 4) is 0 Å². The Morgan fingerprint density at radius 3 is 2.85 bits per heavy atom. The van der Waals surface area contributed by atoms with Crippen LogP contribution in [-0.2, 0) is 9.59 Å². The molecule has 0 saturated carbocycles. The normalized spacial score (nSPS) is 17.4. The molecule has 1 aromatic heterocycles. The minimum atomic E-state index is -0.437. The van der Waals surface area contributed by atoms with E-state index in [1.54, 1.807) is 0 Å². The highest BCUT2D eigenvalue weighted by atomic mass is 32.2. The van der Waals surface area contributed by atoms with Crippen LogP contribution in [0.4, 0.5) is 5.69 Å². The third-order valence-corrected chi connectivity index (χ3v) is 5.60. The summed E-state index contributed by atoms with van der Waals surface area (Å²) in [5, 5.41) is 6.35. The SMILES string of the molecule is C[C@H](NC(=O)C[C@@H]1Sc2ccccc2NC1=O)c1cc2ccccc2o1. The van der Waals surface area contributed by atoms with E-state index in [2.05, 4.69) is 10.6 Å². The van der Waals surface area contributed by atoms with Crippen molar-refractivity contribution in [3.05, 3.63) is 60.4 Å². The van der Waals surface area contributed by atoms with E-state index in [0.29, 0.717) is 5.76 Å². The molecular weight excluding hydrogens is 348 g/mol. The zero-order chi connectivity index (χ0) is 18.1. The van der Waals surface area contributed by atoms with Gasteiger partial charge in [-0.25, -0.2) is 0 Å². The van der Waals surface area contributed by atoms with Gasteiger partial charge in [0.1, 0.15) is 11.3 Å². The van der Waals surface area contributed by atoms with Crippen molar-refractivity contribution >= 4 is 40.2 Å². The molecule has 26 heavy (non-hydrogen) atoms. The average molecular weight is 366 g/mol. The Kier molecular flexibility index (Phi) is 4.42. The van der Waals surface area contributed by atoms with E-state index in [0.717, 1.165) is 21.6 Å². The highest BCUT2D eigenvalue weighted by Gasteiger charge is 2.29. The molecule has 2 atom stereocenters. The number of nitrogens with one attached hydrogen (secondary N) is 2. The lowest BCUT2D eigenvalue weighted by Gasteiger charge is -2.24. The standard InChI is InChI=1S/C20H18N2O3S/c1-12(16-10-13-6-2-4-8-15(13)25-16)21-19(23)11-18-20(24)22-14-7-3-5-9-17(14)26-18/h2-10,12,18H,11H2,1H3,(H,21,23)(H,22,24)/t12-,18-/m0/s1. The third-order valence-electron chi connectivity index (χ3n) is 4.33. The van der Waals surface area contributed by atoms with Crippen LogP contribution in [-0.4, -0.2) is 17.1 Å². The van der Waals surface area contributed by atoms with Gasteiger partial charge in [0.2, 0.25) is 11.8 Å². The number of para-hydroxylation sites is 2. The Hall–Kier alpha value is -2.73. The monoisotopic (exact) mass is 366 g/mol. The molecule has 2 amide bonds. The van der Waals surface area contributed by atoms with Gasteiger partial charge in [-0.3, -0.25) is 9.59 Å². The Bertz CT molecular complexity index is 949. The molecule has 0 bridgehead atoms. The van der Waals surface area contributed by atoms with Gasteiger partial charge in [-0.05, 0) is 31.2 Å². The van der Waals surface area contributed by atoms with E-state index in [4.69, 9.17) is 4.42 Å². The number of hydrogen-bond acceptors (Lipinski definition) is 4. The molecular formula is C20H18N2O3S. The van der Waals surface area contributed by atoms with Crippen molar-refractivity contribution in [3.63, 3.8) is 0 Å². The smallest absolute Gasteiger partial charge is 0.238 e. The number of rotatable bonds is 4. The van der Waals surface area contributed by atoms with Gasteiger partial charge in [0, 0.05) is 16.7 Å². The largest absolute Gasteiger partial charge is 0.459 e. The second-order valence-corrected chi connectivity index (χ2v) is 7.52. The molecule has 0 saturated heterocycles. The Balaban J connectivity index is 1.41. The molecule has 4 rings (SSSR count). The molecule has 0 radical (unpaired) electrons. The van der Waals surface area contributed by atoms with Crippen molar-refractivity contribution in [1.29, 1.82) is 0 Å². The molecule has 0 fully saturated rings. The minimum absolute atomic E-state index is 0.120. The summed E-state index contributed by atoms with van der Waals surface area (Å²) in [5.74, 6) is 0.385. The number of carbonyl (C=O) groups excluding carboxylic acids is 2. The maximum atomic E-state index is 12.4. The molecule has 0 spiro atoms. The number of anilines is 1. The molecule has 1 aliphatic heterocycles. The summed E-state index contributed by atoms with van der Waals surface area (Å²) >= 11 is 1.42. The lowest BCUT2D eigenvalue weighted by molar-refractivity contribution is -0.124. The Morgan fingerprint density at radius 2 is 2.00 bits per heavy atom. The number of benzene rings is 2. The highest BCUT2D eigenvalue weighted by molar-refractivity contribution is 8.01. The molecule has 0 aliphatic carbocycles. The van der Waals surface area contributed by atoms with Gasteiger partial charge in [-0.15, -0.1) is 11.8 Å². The lowest BCUT2D eigenvalue weighted by atomic mass is 10.2. The van der Waals surface area contributed by atoms with Crippen LogP contribution in [0.15, 0.2) is 63.9 Å². The summed E-state index contributed by atoms with van der Waals surface area (Å²) in [6, 6.07) is 17.0. The molecule has 2 aromatic carbocycles. The van der Waals surface area contributed by atoms with E-state index in [9.17, 15) is 9.59 Å². The fourth-order valence-electron chi connectivity index (χ4n) is 2.98. The summed E-state index contributed by atoms with van der Waals surface area (Å²) in [7, 11) is 0. The van der Waals surface area contributed by atoms with E-state index in [-0.39, 0.29) is 24.3 Å². The van der Waals surface area contributed by atoms with Gasteiger partial charge in [-0.1, -0.05) is 30.3 Å². The first-order valence-electron chi connectivity index (χ1n) is 8.44. The van der Waals surface area contributed by atoms with Crippen LogP contribution in [0.5, 0.6) is 0 Å². The van der Waals surface area contributed by atoms with Crippen LogP contribution >= 0.6 is 11.8 Å². The second-order valence-electron chi connectivity index (χ2n) is 6.27. The van der Waals surface area contributed by atoms with Crippen molar-refractivity contribution < 1.29 is 14.0 Å². The quantitative estimate of drug-likeness (QED) is 0.729. The van der Waals surface area contributed by atoms with Crippen molar-refractivity contribution in [2.45, 2.75) is 29.5 Å². The van der Waals surface area contributed by atoms with Gasteiger partial charge >= 0.3 is 0 Å². The zero-order valence-corrected chi connectivity index (χ0v) is 15.0. The maximum Gasteiger partial charge on any atom is 0.238 e. The molecule has 5 nitrogen and oxygen atoms in total. The first kappa shape index (κ1) is 16.7. The molecule has 6 heteroatoms. The van der Waals surface area contributed by atoms with E-state index in [1.165, 1.54) is 11.8 Å². The van der Waals surface area contributed by atoms with Crippen LogP contribution in [0.1, 0.15) is 25.1 Å². The summed E-state index contributed by atoms with van der Waals surface area (Å²) in [6.45, 7) is 1.87. The fraction of sp³-hybridized carbons (Fsp3) is 0.200. The van der Waals surface area contributed by atoms with E-state index in [1.807, 2.05) is 61.5 Å². The predicted molar refractivity (Wildman–Crippen MR) is 102 cm³/mol. The maximum absolute atomic E-state index is 12.4. The molecule has 2 N–H and O–H groups in total. The van der Waals surface area contributed by atoms with Crippen molar-refractivity contribution in [2.75, 3.05) is 5.32 Å². The summed E-state index contributed by atoms with van der Waals surface area (Å²) in [4.78, 5) is 25.6. The third kappa shape index (κ3) is 3.32. The van der Waals surface area contributed by atoms with Gasteiger partial charge in [0.15, 0.2) is 0 Å². The second kappa shape index (κ2) is 6.88. The van der Waals surface area contributed by atoms with Gasteiger partial charge in [0.05, 0.1) is 17.0 Å². The summed E-state index contributed by atoms with van der Waals surface area (Å²) in [5.41, 5.74) is 1.59. The number of carbonyl (C=O) groups is 2. The summed E-state index contributed by atoms with van der Waals surface area (Å²) < 4.78 is 5.79. The number of hydrogen-bond donors (Lipinski definition) is 2. The van der Waals surface area contributed by atoms with Crippen LogP contribution in [0, 0.1) is 0 Å². The first-order valence-corrected chi connectivity index (χ1v) is 9.32. The van der Waals surface area contributed by atoms with Crippen LogP contribution in [0.25, 0.3) is 11.0 Å². The number of fused-ring (bicyclic) bond motifs is 2. The number of thioether (sulfide) groups is 1. The zero-order valence-electron chi connectivity index (χ0n) is 14.2. The van der Waals surface area contributed by atoms with Gasteiger partial charge < -0.3 is 15.1 Å². The van der Waals surface area contributed by atoms with Crippen molar-refractivity contribution in [2.24, 2.45) is 0 Å². The average Bonchev–Trinajstić information content (AvgIpc) is 3.06.